The van der Waals surface area contributed by atoms with Crippen LogP contribution in [0.25, 0.3) is 0 Å². The number of non-ortho nitro benzene ring substituents is 1. The molecule has 0 atom stereocenters. The molecule has 0 aliphatic carbocycles. The number of rotatable bonds is 4. The molecule has 0 aliphatic heterocycles. The molecule has 7 nitrogen and oxygen atoms in total. The molecule has 1 aromatic carbocycles. The topological polar surface area (TPSA) is 104 Å². The summed E-state index contributed by atoms with van der Waals surface area (Å²) in [5.41, 5.74) is -0.309. The molecule has 0 saturated carbocycles. The maximum Gasteiger partial charge on any atom is 0.270 e. The van der Waals surface area contributed by atoms with E-state index in [1.165, 1.54) is 25.2 Å². The Kier molecular flexibility index (Phi) is 3.77. The monoisotopic (exact) mass is 255 g/mol. The zero-order chi connectivity index (χ0) is 13.1. The number of nitrogens with zero attached hydrogens (tertiary/aromatic N) is 3. The van der Waals surface area contributed by atoms with Crippen LogP contribution in [0, 0.1) is 21.4 Å². The van der Waals surface area contributed by atoms with Crippen LogP contribution in [0.3, 0.4) is 0 Å². The predicted molar refractivity (Wildman–Crippen MR) is 58.5 cm³/mol. The number of benzene rings is 1. The van der Waals surface area contributed by atoms with Gasteiger partial charge in [0, 0.05) is 19.2 Å². The number of nitro benzene ring substituents is 1. The molecule has 17 heavy (non-hydrogen) atoms. The lowest BCUT2D eigenvalue weighted by Crippen LogP contribution is -2.27. The maximum atomic E-state index is 11.8. The van der Waals surface area contributed by atoms with E-state index >= 15 is 0 Å². The SMILES string of the molecule is CN(CC#N)S(=O)(=O)c1cccc([N+](=O)[O-])c1. The summed E-state index contributed by atoms with van der Waals surface area (Å²) in [4.78, 5) is 9.64. The molecular formula is C9H9N3O4S. The van der Waals surface area contributed by atoms with Crippen molar-refractivity contribution in [2.24, 2.45) is 0 Å². The number of nitro groups is 1. The summed E-state index contributed by atoms with van der Waals surface area (Å²) in [5.74, 6) is 0. The van der Waals surface area contributed by atoms with Crippen LogP contribution in [0.15, 0.2) is 29.2 Å². The number of nitriles is 1. The van der Waals surface area contributed by atoms with Gasteiger partial charge in [0.25, 0.3) is 5.69 Å². The van der Waals surface area contributed by atoms with Crippen molar-refractivity contribution in [3.8, 4) is 6.07 Å². The Morgan fingerprint density at radius 3 is 2.71 bits per heavy atom. The summed E-state index contributed by atoms with van der Waals surface area (Å²) in [6.45, 7) is -0.314. The van der Waals surface area contributed by atoms with Gasteiger partial charge < -0.3 is 0 Å². The first-order chi connectivity index (χ1) is 7.89. The summed E-state index contributed by atoms with van der Waals surface area (Å²) < 4.78 is 24.5. The number of sulfonamides is 1. The Balaban J connectivity index is 3.21. The minimum absolute atomic E-state index is 0.204. The van der Waals surface area contributed by atoms with Crippen LogP contribution in [0.2, 0.25) is 0 Å². The molecule has 1 rings (SSSR count). The normalized spacial score (nSPS) is 11.1. The first kappa shape index (κ1) is 13.1. The first-order valence-corrected chi connectivity index (χ1v) is 5.91. The zero-order valence-electron chi connectivity index (χ0n) is 8.90. The van der Waals surface area contributed by atoms with Gasteiger partial charge in [-0.2, -0.15) is 9.57 Å². The molecule has 0 aromatic heterocycles. The van der Waals surface area contributed by atoms with E-state index in [9.17, 15) is 18.5 Å². The van der Waals surface area contributed by atoms with Crippen LogP contribution in [0.1, 0.15) is 0 Å². The highest BCUT2D eigenvalue weighted by molar-refractivity contribution is 7.89. The molecule has 0 heterocycles. The zero-order valence-corrected chi connectivity index (χ0v) is 9.72. The fraction of sp³-hybridized carbons (Fsp3) is 0.222. The van der Waals surface area contributed by atoms with E-state index in [-0.39, 0.29) is 17.1 Å². The lowest BCUT2D eigenvalue weighted by atomic mass is 10.3. The molecule has 1 aromatic rings. The van der Waals surface area contributed by atoms with Gasteiger partial charge in [-0.1, -0.05) is 6.07 Å². The Morgan fingerprint density at radius 2 is 2.18 bits per heavy atom. The highest BCUT2D eigenvalue weighted by atomic mass is 32.2. The van der Waals surface area contributed by atoms with Gasteiger partial charge in [0.15, 0.2) is 0 Å². The highest BCUT2D eigenvalue weighted by Gasteiger charge is 2.22. The molecule has 0 unspecified atom stereocenters. The molecular weight excluding hydrogens is 246 g/mol. The van der Waals surface area contributed by atoms with E-state index in [0.717, 1.165) is 10.4 Å². The van der Waals surface area contributed by atoms with E-state index in [1.54, 1.807) is 6.07 Å². The van der Waals surface area contributed by atoms with Gasteiger partial charge in [-0.05, 0) is 6.07 Å². The lowest BCUT2D eigenvalue weighted by Gasteiger charge is -2.12. The summed E-state index contributed by atoms with van der Waals surface area (Å²) in [5, 5.41) is 18.9. The van der Waals surface area contributed by atoms with Crippen molar-refractivity contribution in [1.29, 1.82) is 5.26 Å². The van der Waals surface area contributed by atoms with Crippen molar-refractivity contribution in [1.82, 2.24) is 4.31 Å². The molecule has 0 fully saturated rings. The third-order valence-corrected chi connectivity index (χ3v) is 3.83. The Morgan fingerprint density at radius 1 is 1.53 bits per heavy atom. The number of hydrogen-bond donors (Lipinski definition) is 0. The Labute approximate surface area is 98.1 Å². The van der Waals surface area contributed by atoms with Crippen molar-refractivity contribution in [2.45, 2.75) is 4.90 Å². The Bertz CT molecular complexity index is 576. The average Bonchev–Trinajstić information content (AvgIpc) is 2.29. The van der Waals surface area contributed by atoms with Crippen molar-refractivity contribution < 1.29 is 13.3 Å². The van der Waals surface area contributed by atoms with Crippen LogP contribution in [-0.4, -0.2) is 31.2 Å². The smallest absolute Gasteiger partial charge is 0.258 e. The fourth-order valence-corrected chi connectivity index (χ4v) is 2.23. The Hall–Kier alpha value is -1.98. The van der Waals surface area contributed by atoms with Gasteiger partial charge in [-0.15, -0.1) is 0 Å². The molecule has 0 N–H and O–H groups in total. The highest BCUT2D eigenvalue weighted by Crippen LogP contribution is 2.19. The lowest BCUT2D eigenvalue weighted by molar-refractivity contribution is -0.385. The van der Waals surface area contributed by atoms with Crippen molar-refractivity contribution >= 4 is 15.7 Å². The summed E-state index contributed by atoms with van der Waals surface area (Å²) in [7, 11) is -2.62. The van der Waals surface area contributed by atoms with Crippen LogP contribution in [0.5, 0.6) is 0 Å². The standard InChI is InChI=1S/C9H9N3O4S/c1-11(6-5-10)17(15,16)9-4-2-3-8(7-9)12(13)14/h2-4,7H,6H2,1H3. The second kappa shape index (κ2) is 4.90. The van der Waals surface area contributed by atoms with Crippen LogP contribution < -0.4 is 0 Å². The van der Waals surface area contributed by atoms with Crippen LogP contribution in [-0.2, 0) is 10.0 Å². The molecule has 0 spiro atoms. The van der Waals surface area contributed by atoms with Crippen LogP contribution in [0.4, 0.5) is 5.69 Å². The van der Waals surface area contributed by atoms with E-state index in [0.29, 0.717) is 0 Å². The minimum atomic E-state index is -3.85. The van der Waals surface area contributed by atoms with E-state index in [1.807, 2.05) is 0 Å². The van der Waals surface area contributed by atoms with Crippen molar-refractivity contribution in [3.63, 3.8) is 0 Å². The molecule has 0 aliphatic rings. The van der Waals surface area contributed by atoms with Gasteiger partial charge in [0.2, 0.25) is 10.0 Å². The van der Waals surface area contributed by atoms with Gasteiger partial charge in [0.05, 0.1) is 15.9 Å². The molecule has 0 saturated heterocycles. The summed E-state index contributed by atoms with van der Waals surface area (Å²) >= 11 is 0. The largest absolute Gasteiger partial charge is 0.270 e. The molecule has 0 bridgehead atoms. The van der Waals surface area contributed by atoms with Gasteiger partial charge >= 0.3 is 0 Å². The molecule has 90 valence electrons. The third-order valence-electron chi connectivity index (χ3n) is 2.03. The number of hydrogen-bond acceptors (Lipinski definition) is 5. The van der Waals surface area contributed by atoms with Crippen molar-refractivity contribution in [2.75, 3.05) is 13.6 Å². The van der Waals surface area contributed by atoms with Crippen molar-refractivity contribution in [3.05, 3.63) is 34.4 Å². The van der Waals surface area contributed by atoms with Gasteiger partial charge in [-0.25, -0.2) is 8.42 Å². The summed E-state index contributed by atoms with van der Waals surface area (Å²) in [6, 6.07) is 6.38. The average molecular weight is 255 g/mol. The van der Waals surface area contributed by atoms with E-state index in [4.69, 9.17) is 5.26 Å². The van der Waals surface area contributed by atoms with Gasteiger partial charge in [0.1, 0.15) is 6.54 Å². The molecule has 8 heteroatoms. The van der Waals surface area contributed by atoms with Crippen LogP contribution >= 0.6 is 0 Å². The quantitative estimate of drug-likeness (QED) is 0.448. The second-order valence-corrected chi connectivity index (χ2v) is 5.22. The minimum Gasteiger partial charge on any atom is -0.258 e. The third kappa shape index (κ3) is 2.77. The van der Waals surface area contributed by atoms with E-state index < -0.39 is 14.9 Å². The molecule has 0 radical (unpaired) electrons. The predicted octanol–water partition coefficient (Wildman–Crippen LogP) is 0.739. The first-order valence-electron chi connectivity index (χ1n) is 4.47. The second-order valence-electron chi connectivity index (χ2n) is 3.17. The summed E-state index contributed by atoms with van der Waals surface area (Å²) in [6.07, 6.45) is 0. The van der Waals surface area contributed by atoms with Gasteiger partial charge in [-0.3, -0.25) is 10.1 Å². The van der Waals surface area contributed by atoms with E-state index in [2.05, 4.69) is 0 Å². The molecule has 0 amide bonds. The fourth-order valence-electron chi connectivity index (χ4n) is 1.12. The maximum absolute atomic E-state index is 11.8.